The van der Waals surface area contributed by atoms with E-state index in [1.807, 2.05) is 38.1 Å². The quantitative estimate of drug-likeness (QED) is 0.347. The van der Waals surface area contributed by atoms with Crippen LogP contribution in [0.4, 0.5) is 5.69 Å². The number of aliphatic imine (C=N–C) groups is 1. The average molecular weight is 445 g/mol. The zero-order valence-corrected chi connectivity index (χ0v) is 16.5. The highest BCUT2D eigenvalue weighted by molar-refractivity contribution is 14.0. The Morgan fingerprint density at radius 2 is 2.08 bits per heavy atom. The van der Waals surface area contributed by atoms with Gasteiger partial charge in [0, 0.05) is 24.5 Å². The van der Waals surface area contributed by atoms with Crippen LogP contribution < -0.4 is 20.1 Å². The van der Waals surface area contributed by atoms with Crippen molar-refractivity contribution in [3.63, 3.8) is 0 Å². The summed E-state index contributed by atoms with van der Waals surface area (Å²) in [6, 6.07) is 7.58. The number of aromatic amines is 1. The van der Waals surface area contributed by atoms with Gasteiger partial charge in [-0.15, -0.1) is 24.0 Å². The second kappa shape index (κ2) is 10.7. The van der Waals surface area contributed by atoms with E-state index in [0.29, 0.717) is 30.6 Å². The monoisotopic (exact) mass is 445 g/mol. The van der Waals surface area contributed by atoms with Crippen LogP contribution in [0.15, 0.2) is 35.5 Å². The number of rotatable bonds is 7. The van der Waals surface area contributed by atoms with Gasteiger partial charge in [0.15, 0.2) is 17.5 Å². The molecule has 0 aliphatic heterocycles. The van der Waals surface area contributed by atoms with Crippen LogP contribution in [0, 0.1) is 0 Å². The first kappa shape index (κ1) is 20.1. The predicted molar refractivity (Wildman–Crippen MR) is 107 cm³/mol. The number of halogens is 1. The van der Waals surface area contributed by atoms with E-state index < -0.39 is 0 Å². The zero-order valence-electron chi connectivity index (χ0n) is 14.1. The fraction of sp³-hybridized carbons (Fsp3) is 0.375. The predicted octanol–water partition coefficient (Wildman–Crippen LogP) is 3.01. The third kappa shape index (κ3) is 5.91. The maximum atomic E-state index is 5.59. The van der Waals surface area contributed by atoms with Crippen molar-refractivity contribution in [3.05, 3.63) is 36.2 Å². The summed E-state index contributed by atoms with van der Waals surface area (Å²) < 4.78 is 10.9. The highest BCUT2D eigenvalue weighted by atomic mass is 127. The lowest BCUT2D eigenvalue weighted by atomic mass is 10.2. The Morgan fingerprint density at radius 3 is 2.71 bits per heavy atom. The molecule has 2 aromatic rings. The zero-order chi connectivity index (χ0) is 16.5. The minimum atomic E-state index is 0. The van der Waals surface area contributed by atoms with Gasteiger partial charge in [-0.3, -0.25) is 5.10 Å². The molecule has 2 rings (SSSR count). The Bertz CT molecular complexity index is 631. The van der Waals surface area contributed by atoms with Gasteiger partial charge in [-0.05, 0) is 32.0 Å². The smallest absolute Gasteiger partial charge is 0.196 e. The lowest BCUT2D eigenvalue weighted by Crippen LogP contribution is -2.30. The number of H-pyrrole nitrogens is 1. The molecule has 1 aromatic heterocycles. The first-order chi connectivity index (χ1) is 11.3. The second-order valence-corrected chi connectivity index (χ2v) is 4.70. The van der Waals surface area contributed by atoms with Gasteiger partial charge in [0.2, 0.25) is 0 Å². The highest BCUT2D eigenvalue weighted by Gasteiger charge is 2.07. The first-order valence-corrected chi connectivity index (χ1v) is 7.61. The molecule has 8 heteroatoms. The van der Waals surface area contributed by atoms with Crippen molar-refractivity contribution in [1.29, 1.82) is 0 Å². The summed E-state index contributed by atoms with van der Waals surface area (Å²) in [4.78, 5) is 4.52. The summed E-state index contributed by atoms with van der Waals surface area (Å²) in [6.07, 6.45) is 1.71. The lowest BCUT2D eigenvalue weighted by Gasteiger charge is -2.14. The van der Waals surface area contributed by atoms with Crippen LogP contribution in [0.25, 0.3) is 0 Å². The Morgan fingerprint density at radius 1 is 1.25 bits per heavy atom. The molecule has 24 heavy (non-hydrogen) atoms. The minimum Gasteiger partial charge on any atom is -0.493 e. The van der Waals surface area contributed by atoms with E-state index in [1.165, 1.54) is 0 Å². The molecule has 0 atom stereocenters. The highest BCUT2D eigenvalue weighted by Crippen LogP contribution is 2.30. The van der Waals surface area contributed by atoms with E-state index in [-0.39, 0.29) is 24.0 Å². The van der Waals surface area contributed by atoms with E-state index in [0.717, 1.165) is 17.9 Å². The Labute approximate surface area is 159 Å². The summed E-state index contributed by atoms with van der Waals surface area (Å²) in [5.74, 6) is 2.09. The van der Waals surface area contributed by atoms with Crippen molar-refractivity contribution in [2.75, 3.05) is 25.6 Å². The third-order valence-corrected chi connectivity index (χ3v) is 3.04. The fourth-order valence-corrected chi connectivity index (χ4v) is 2.00. The van der Waals surface area contributed by atoms with Gasteiger partial charge in [-0.1, -0.05) is 0 Å². The van der Waals surface area contributed by atoms with Crippen molar-refractivity contribution < 1.29 is 9.47 Å². The molecule has 0 radical (unpaired) electrons. The number of ether oxygens (including phenoxy) is 2. The first-order valence-electron chi connectivity index (χ1n) is 7.61. The standard InChI is InChI=1S/C16H23N5O2.HI/c1-4-17-16(18-11-13-8-9-19-21-13)20-12-6-7-14(22-3)15(10-12)23-5-2;/h6-10H,4-5,11H2,1-3H3,(H,19,21)(H2,17,18,20);1H. The third-order valence-electron chi connectivity index (χ3n) is 3.04. The number of guanidine groups is 1. The van der Waals surface area contributed by atoms with Crippen LogP contribution in [-0.2, 0) is 6.54 Å². The number of nitrogens with zero attached hydrogens (tertiary/aromatic N) is 2. The molecule has 132 valence electrons. The molecule has 0 bridgehead atoms. The number of methoxy groups -OCH3 is 1. The van der Waals surface area contributed by atoms with Gasteiger partial charge < -0.3 is 20.1 Å². The molecular weight excluding hydrogens is 421 g/mol. The van der Waals surface area contributed by atoms with Crippen LogP contribution in [0.2, 0.25) is 0 Å². The maximum absolute atomic E-state index is 5.59. The molecule has 0 aliphatic rings. The van der Waals surface area contributed by atoms with Crippen LogP contribution in [0.3, 0.4) is 0 Å². The fourth-order valence-electron chi connectivity index (χ4n) is 2.00. The van der Waals surface area contributed by atoms with Gasteiger partial charge in [0.25, 0.3) is 0 Å². The van der Waals surface area contributed by atoms with Gasteiger partial charge in [-0.25, -0.2) is 4.99 Å². The van der Waals surface area contributed by atoms with E-state index in [9.17, 15) is 0 Å². The maximum Gasteiger partial charge on any atom is 0.196 e. The number of nitrogens with one attached hydrogen (secondary N) is 3. The summed E-state index contributed by atoms with van der Waals surface area (Å²) >= 11 is 0. The van der Waals surface area contributed by atoms with Crippen molar-refractivity contribution in [1.82, 2.24) is 15.5 Å². The van der Waals surface area contributed by atoms with E-state index >= 15 is 0 Å². The lowest BCUT2D eigenvalue weighted by molar-refractivity contribution is 0.311. The van der Waals surface area contributed by atoms with Crippen molar-refractivity contribution in [3.8, 4) is 11.5 Å². The Balaban J connectivity index is 0.00000288. The van der Waals surface area contributed by atoms with Crippen molar-refractivity contribution in [2.24, 2.45) is 4.99 Å². The van der Waals surface area contributed by atoms with Gasteiger partial charge >= 0.3 is 0 Å². The number of benzene rings is 1. The van der Waals surface area contributed by atoms with Gasteiger partial charge in [0.1, 0.15) is 0 Å². The average Bonchev–Trinajstić information content (AvgIpc) is 3.07. The molecule has 7 nitrogen and oxygen atoms in total. The Kier molecular flexibility index (Phi) is 8.98. The summed E-state index contributed by atoms with van der Waals surface area (Å²) in [5.41, 5.74) is 1.82. The van der Waals surface area contributed by atoms with Crippen LogP contribution in [0.1, 0.15) is 19.5 Å². The summed E-state index contributed by atoms with van der Waals surface area (Å²) in [5, 5.41) is 13.3. The largest absolute Gasteiger partial charge is 0.493 e. The molecule has 0 saturated carbocycles. The summed E-state index contributed by atoms with van der Waals surface area (Å²) in [7, 11) is 1.63. The molecule has 1 aromatic carbocycles. The number of aromatic nitrogens is 2. The number of hydrogen-bond donors (Lipinski definition) is 3. The molecule has 0 aliphatic carbocycles. The van der Waals surface area contributed by atoms with E-state index in [2.05, 4.69) is 25.8 Å². The summed E-state index contributed by atoms with van der Waals surface area (Å²) in [6.45, 7) is 5.82. The molecular formula is C16H24IN5O2. The Hall–Kier alpha value is -1.97. The molecule has 0 unspecified atom stereocenters. The molecule has 0 fully saturated rings. The van der Waals surface area contributed by atoms with Crippen molar-refractivity contribution in [2.45, 2.75) is 20.4 Å². The molecule has 0 amide bonds. The van der Waals surface area contributed by atoms with Gasteiger partial charge in [0.05, 0.1) is 26.0 Å². The van der Waals surface area contributed by atoms with Crippen LogP contribution >= 0.6 is 24.0 Å². The normalized spacial score (nSPS) is 10.7. The minimum absolute atomic E-state index is 0. The number of hydrogen-bond acceptors (Lipinski definition) is 4. The topological polar surface area (TPSA) is 83.6 Å². The molecule has 3 N–H and O–H groups in total. The molecule has 0 saturated heterocycles. The van der Waals surface area contributed by atoms with Crippen LogP contribution in [-0.4, -0.2) is 36.4 Å². The van der Waals surface area contributed by atoms with Crippen LogP contribution in [0.5, 0.6) is 11.5 Å². The molecule has 1 heterocycles. The van der Waals surface area contributed by atoms with E-state index in [1.54, 1.807) is 13.3 Å². The van der Waals surface area contributed by atoms with E-state index in [4.69, 9.17) is 9.47 Å². The SMILES string of the molecule is CCNC(=NCc1ccn[nH]1)Nc1ccc(OC)c(OCC)c1.I. The number of anilines is 1. The second-order valence-electron chi connectivity index (χ2n) is 4.70. The molecule has 0 spiro atoms. The van der Waals surface area contributed by atoms with Crippen molar-refractivity contribution >= 4 is 35.6 Å². The van der Waals surface area contributed by atoms with Gasteiger partial charge in [-0.2, -0.15) is 5.10 Å².